The van der Waals surface area contributed by atoms with Crippen LogP contribution in [0.3, 0.4) is 0 Å². The molecule has 5 heteroatoms. The first-order chi connectivity index (χ1) is 8.10. The standard InChI is InChI=1S/C12H12ClF2NO/c13-8-5-10(15)11(6-9(8)14)16-3-1-12(2-4-16)7-17-12/h5-6H,1-4,7H2. The van der Waals surface area contributed by atoms with Crippen LogP contribution in [0.2, 0.25) is 5.02 Å². The van der Waals surface area contributed by atoms with Gasteiger partial charge in [0.05, 0.1) is 22.9 Å². The van der Waals surface area contributed by atoms with Crippen LogP contribution in [-0.4, -0.2) is 25.3 Å². The van der Waals surface area contributed by atoms with E-state index >= 15 is 0 Å². The first-order valence-electron chi connectivity index (χ1n) is 5.63. The summed E-state index contributed by atoms with van der Waals surface area (Å²) in [7, 11) is 0. The molecule has 0 amide bonds. The molecule has 17 heavy (non-hydrogen) atoms. The van der Waals surface area contributed by atoms with E-state index in [0.29, 0.717) is 18.8 Å². The molecule has 2 heterocycles. The average molecular weight is 260 g/mol. The number of hydrogen-bond acceptors (Lipinski definition) is 2. The molecule has 2 aliphatic rings. The lowest BCUT2D eigenvalue weighted by molar-refractivity contribution is 0.258. The van der Waals surface area contributed by atoms with Crippen LogP contribution in [0.25, 0.3) is 0 Å². The van der Waals surface area contributed by atoms with E-state index in [9.17, 15) is 8.78 Å². The summed E-state index contributed by atoms with van der Waals surface area (Å²) in [6, 6.07) is 2.20. The summed E-state index contributed by atoms with van der Waals surface area (Å²) in [5.74, 6) is -1.05. The number of rotatable bonds is 1. The zero-order valence-corrected chi connectivity index (χ0v) is 9.94. The molecule has 0 radical (unpaired) electrons. The van der Waals surface area contributed by atoms with E-state index in [4.69, 9.17) is 16.3 Å². The molecule has 2 aliphatic heterocycles. The molecule has 1 aromatic carbocycles. The lowest BCUT2D eigenvalue weighted by Crippen LogP contribution is -2.38. The zero-order valence-electron chi connectivity index (χ0n) is 9.18. The smallest absolute Gasteiger partial charge is 0.148 e. The van der Waals surface area contributed by atoms with E-state index in [-0.39, 0.29) is 10.6 Å². The second-order valence-corrected chi connectivity index (χ2v) is 5.08. The number of ether oxygens (including phenoxy) is 1. The Morgan fingerprint density at radius 2 is 1.82 bits per heavy atom. The SMILES string of the molecule is Fc1cc(N2CCC3(CC2)CO3)c(F)cc1Cl. The molecule has 0 atom stereocenters. The second kappa shape index (κ2) is 3.82. The van der Waals surface area contributed by atoms with Crippen LogP contribution < -0.4 is 4.90 Å². The maximum Gasteiger partial charge on any atom is 0.148 e. The van der Waals surface area contributed by atoms with E-state index in [0.717, 1.165) is 25.5 Å². The summed E-state index contributed by atoms with van der Waals surface area (Å²) in [5, 5.41) is -0.176. The molecule has 0 N–H and O–H groups in total. The Morgan fingerprint density at radius 1 is 1.18 bits per heavy atom. The van der Waals surface area contributed by atoms with Gasteiger partial charge in [-0.2, -0.15) is 0 Å². The van der Waals surface area contributed by atoms with Crippen molar-refractivity contribution in [3.63, 3.8) is 0 Å². The van der Waals surface area contributed by atoms with Crippen LogP contribution in [0, 0.1) is 11.6 Å². The van der Waals surface area contributed by atoms with Crippen molar-refractivity contribution in [1.82, 2.24) is 0 Å². The fraction of sp³-hybridized carbons (Fsp3) is 0.500. The average Bonchev–Trinajstić information content (AvgIpc) is 3.05. The Kier molecular flexibility index (Phi) is 2.52. The van der Waals surface area contributed by atoms with Gasteiger partial charge in [-0.3, -0.25) is 0 Å². The Labute approximate surface area is 103 Å². The number of hydrogen-bond donors (Lipinski definition) is 0. The van der Waals surface area contributed by atoms with E-state index in [1.165, 1.54) is 6.07 Å². The van der Waals surface area contributed by atoms with Crippen molar-refractivity contribution in [2.75, 3.05) is 24.6 Å². The van der Waals surface area contributed by atoms with Crippen LogP contribution in [0.1, 0.15) is 12.8 Å². The predicted octanol–water partition coefficient (Wildman–Crippen LogP) is 2.99. The van der Waals surface area contributed by atoms with E-state index in [1.54, 1.807) is 0 Å². The molecule has 1 spiro atoms. The highest BCUT2D eigenvalue weighted by Gasteiger charge is 2.46. The molecule has 1 aromatic rings. The third-order valence-corrected chi connectivity index (χ3v) is 3.85. The summed E-state index contributed by atoms with van der Waals surface area (Å²) < 4.78 is 32.4. The van der Waals surface area contributed by atoms with E-state index in [1.807, 2.05) is 4.90 Å². The Balaban J connectivity index is 1.82. The Morgan fingerprint density at radius 3 is 2.41 bits per heavy atom. The highest BCUT2D eigenvalue weighted by atomic mass is 35.5. The van der Waals surface area contributed by atoms with Gasteiger partial charge < -0.3 is 9.64 Å². The summed E-state index contributed by atoms with van der Waals surface area (Å²) in [6.07, 6.45) is 1.74. The number of piperidine rings is 1. The van der Waals surface area contributed by atoms with Gasteiger partial charge in [-0.05, 0) is 18.9 Å². The quantitative estimate of drug-likeness (QED) is 0.569. The minimum absolute atomic E-state index is 0.0396. The number of nitrogens with zero attached hydrogens (tertiary/aromatic N) is 1. The Bertz CT molecular complexity index is 452. The molecule has 2 nitrogen and oxygen atoms in total. The highest BCUT2D eigenvalue weighted by molar-refractivity contribution is 6.30. The molecule has 0 unspecified atom stereocenters. The molecular weight excluding hydrogens is 248 g/mol. The molecule has 2 fully saturated rings. The molecular formula is C12H12ClF2NO. The monoisotopic (exact) mass is 259 g/mol. The van der Waals surface area contributed by atoms with Gasteiger partial charge in [-0.25, -0.2) is 8.78 Å². The van der Waals surface area contributed by atoms with Gasteiger partial charge >= 0.3 is 0 Å². The summed E-state index contributed by atoms with van der Waals surface area (Å²) in [4.78, 5) is 1.85. The molecule has 3 rings (SSSR count). The Hall–Kier alpha value is -0.870. The molecule has 0 aromatic heterocycles. The largest absolute Gasteiger partial charge is 0.369 e. The zero-order chi connectivity index (χ0) is 12.0. The fourth-order valence-corrected chi connectivity index (χ4v) is 2.45. The molecule has 2 saturated heterocycles. The van der Waals surface area contributed by atoms with Crippen LogP contribution in [0.4, 0.5) is 14.5 Å². The van der Waals surface area contributed by atoms with Crippen molar-refractivity contribution in [3.8, 4) is 0 Å². The first-order valence-corrected chi connectivity index (χ1v) is 6.01. The van der Waals surface area contributed by atoms with Crippen molar-refractivity contribution in [3.05, 3.63) is 28.8 Å². The maximum absolute atomic E-state index is 13.7. The number of benzene rings is 1. The van der Waals surface area contributed by atoms with Crippen LogP contribution in [0.15, 0.2) is 12.1 Å². The van der Waals surface area contributed by atoms with Gasteiger partial charge in [-0.15, -0.1) is 0 Å². The third-order valence-electron chi connectivity index (χ3n) is 3.56. The number of epoxide rings is 1. The lowest BCUT2D eigenvalue weighted by atomic mass is 9.97. The van der Waals surface area contributed by atoms with Crippen LogP contribution in [0.5, 0.6) is 0 Å². The van der Waals surface area contributed by atoms with Gasteiger partial charge in [0.15, 0.2) is 0 Å². The van der Waals surface area contributed by atoms with Gasteiger partial charge in [0.25, 0.3) is 0 Å². The summed E-state index contributed by atoms with van der Waals surface area (Å²) >= 11 is 5.53. The molecule has 0 aliphatic carbocycles. The predicted molar refractivity (Wildman–Crippen MR) is 61.5 cm³/mol. The summed E-state index contributed by atoms with van der Waals surface area (Å²) in [6.45, 7) is 2.19. The third kappa shape index (κ3) is 2.00. The lowest BCUT2D eigenvalue weighted by Gasteiger charge is -2.32. The van der Waals surface area contributed by atoms with Gasteiger partial charge in [0, 0.05) is 19.2 Å². The van der Waals surface area contributed by atoms with E-state index in [2.05, 4.69) is 0 Å². The topological polar surface area (TPSA) is 15.8 Å². The highest BCUT2D eigenvalue weighted by Crippen LogP contribution is 2.39. The van der Waals surface area contributed by atoms with Crippen molar-refractivity contribution in [1.29, 1.82) is 0 Å². The van der Waals surface area contributed by atoms with Gasteiger partial charge in [0.2, 0.25) is 0 Å². The molecule has 0 saturated carbocycles. The van der Waals surface area contributed by atoms with Crippen molar-refractivity contribution in [2.45, 2.75) is 18.4 Å². The fourth-order valence-electron chi connectivity index (χ4n) is 2.30. The summed E-state index contributed by atoms with van der Waals surface area (Å²) in [5.41, 5.74) is 0.334. The van der Waals surface area contributed by atoms with Crippen molar-refractivity contribution >= 4 is 17.3 Å². The normalized spacial score (nSPS) is 21.9. The minimum Gasteiger partial charge on any atom is -0.369 e. The minimum atomic E-state index is -0.578. The molecule has 0 bridgehead atoms. The van der Waals surface area contributed by atoms with E-state index < -0.39 is 11.6 Å². The maximum atomic E-state index is 13.7. The van der Waals surface area contributed by atoms with Crippen molar-refractivity contribution < 1.29 is 13.5 Å². The van der Waals surface area contributed by atoms with Crippen LogP contribution in [-0.2, 0) is 4.74 Å². The van der Waals surface area contributed by atoms with Crippen LogP contribution >= 0.6 is 11.6 Å². The van der Waals surface area contributed by atoms with Gasteiger partial charge in [-0.1, -0.05) is 11.6 Å². The second-order valence-electron chi connectivity index (χ2n) is 4.68. The van der Waals surface area contributed by atoms with Crippen molar-refractivity contribution in [2.24, 2.45) is 0 Å². The number of anilines is 1. The molecule has 92 valence electrons. The van der Waals surface area contributed by atoms with Gasteiger partial charge in [0.1, 0.15) is 11.6 Å². The number of halogens is 3. The first kappa shape index (κ1) is 11.2.